The summed E-state index contributed by atoms with van der Waals surface area (Å²) in [6.07, 6.45) is 0. The average molecular weight is 157 g/mol. The van der Waals surface area contributed by atoms with Gasteiger partial charge in [0.15, 0.2) is 0 Å². The Hall–Kier alpha value is -0.890. The summed E-state index contributed by atoms with van der Waals surface area (Å²) >= 11 is 5.42. The number of halogens is 1. The Bertz CT molecular complexity index is 204. The zero-order valence-electron chi connectivity index (χ0n) is 5.89. The monoisotopic (exact) mass is 156 g/mol. The van der Waals surface area contributed by atoms with E-state index in [9.17, 15) is 0 Å². The van der Waals surface area contributed by atoms with Crippen molar-refractivity contribution >= 4 is 23.6 Å². The van der Waals surface area contributed by atoms with Crippen molar-refractivity contribution in [3.63, 3.8) is 0 Å². The van der Waals surface area contributed by atoms with Crippen LogP contribution in [0.1, 0.15) is 6.92 Å². The lowest BCUT2D eigenvalue weighted by atomic mass is 10.3. The van der Waals surface area contributed by atoms with Gasteiger partial charge < -0.3 is 0 Å². The summed E-state index contributed by atoms with van der Waals surface area (Å²) in [7, 11) is 0. The maximum Gasteiger partial charge on any atom is 0.222 e. The molecule has 54 valence electrons. The zero-order valence-corrected chi connectivity index (χ0v) is 6.65. The van der Waals surface area contributed by atoms with Gasteiger partial charge in [0.1, 0.15) is 0 Å². The van der Waals surface area contributed by atoms with Gasteiger partial charge in [0.2, 0.25) is 5.29 Å². The van der Waals surface area contributed by atoms with Gasteiger partial charge in [-0.2, -0.15) is 0 Å². The van der Waals surface area contributed by atoms with E-state index in [-0.39, 0.29) is 5.29 Å². The smallest absolute Gasteiger partial charge is 0.222 e. The van der Waals surface area contributed by atoms with Crippen LogP contribution in [-0.4, -0.2) is 12.0 Å². The van der Waals surface area contributed by atoms with Crippen molar-refractivity contribution in [1.82, 2.24) is 0 Å². The number of amidine groups is 1. The molecular formula is C7H9ClN2. The third kappa shape index (κ3) is 3.20. The molecule has 0 saturated heterocycles. The Kier molecular flexibility index (Phi) is 3.65. The van der Waals surface area contributed by atoms with Crippen molar-refractivity contribution < 1.29 is 0 Å². The summed E-state index contributed by atoms with van der Waals surface area (Å²) in [4.78, 5) is 7.13. The van der Waals surface area contributed by atoms with E-state index in [0.717, 1.165) is 5.57 Å². The number of nitrogens with zero attached hydrogens (tertiary/aromatic N) is 2. The molecule has 0 aromatic heterocycles. The molecule has 0 aliphatic rings. The van der Waals surface area contributed by atoms with Gasteiger partial charge in [-0.3, -0.25) is 0 Å². The van der Waals surface area contributed by atoms with Gasteiger partial charge in [-0.05, 0) is 30.8 Å². The quantitative estimate of drug-likeness (QED) is 0.254. The van der Waals surface area contributed by atoms with Crippen LogP contribution in [0.4, 0.5) is 0 Å². The Balaban J connectivity index is 4.27. The zero-order chi connectivity index (χ0) is 8.15. The average Bonchev–Trinajstić information content (AvgIpc) is 1.87. The molecule has 3 heteroatoms. The van der Waals surface area contributed by atoms with Gasteiger partial charge >= 0.3 is 0 Å². The van der Waals surface area contributed by atoms with E-state index in [1.165, 1.54) is 0 Å². The Morgan fingerprint density at radius 2 is 1.90 bits per heavy atom. The predicted molar refractivity (Wildman–Crippen MR) is 46.8 cm³/mol. The first-order chi connectivity index (χ1) is 4.57. The lowest BCUT2D eigenvalue weighted by Gasteiger charge is -1.94. The minimum Gasteiger partial charge on any atom is -0.234 e. The molecule has 0 rings (SSSR count). The van der Waals surface area contributed by atoms with E-state index in [1.54, 1.807) is 6.92 Å². The predicted octanol–water partition coefficient (Wildman–Crippen LogP) is 2.37. The van der Waals surface area contributed by atoms with Crippen molar-refractivity contribution in [1.29, 1.82) is 0 Å². The highest BCUT2D eigenvalue weighted by molar-refractivity contribution is 6.65. The van der Waals surface area contributed by atoms with Crippen LogP contribution in [0.25, 0.3) is 0 Å². The molecule has 0 heterocycles. The molecule has 0 fully saturated rings. The fourth-order valence-corrected chi connectivity index (χ4v) is 0.344. The van der Waals surface area contributed by atoms with Crippen LogP contribution in [0.2, 0.25) is 0 Å². The third-order valence-corrected chi connectivity index (χ3v) is 1.05. The topological polar surface area (TPSA) is 24.7 Å². The molecular weight excluding hydrogens is 148 g/mol. The Morgan fingerprint density at radius 3 is 2.20 bits per heavy atom. The van der Waals surface area contributed by atoms with Crippen molar-refractivity contribution in [2.75, 3.05) is 0 Å². The molecule has 2 nitrogen and oxygen atoms in total. The first kappa shape index (κ1) is 9.11. The first-order valence-electron chi connectivity index (χ1n) is 2.63. The molecule has 0 N–H and O–H groups in total. The van der Waals surface area contributed by atoms with Crippen LogP contribution < -0.4 is 0 Å². The van der Waals surface area contributed by atoms with Gasteiger partial charge in [-0.25, -0.2) is 9.98 Å². The number of rotatable bonds is 2. The molecule has 0 atom stereocenters. The van der Waals surface area contributed by atoms with E-state index >= 15 is 0 Å². The number of aliphatic imine (C=N–C) groups is 2. The van der Waals surface area contributed by atoms with E-state index in [0.29, 0.717) is 5.70 Å². The maximum absolute atomic E-state index is 5.42. The SMILES string of the molecule is C=NC(Cl)=NC(=C)C(=C)C. The molecule has 0 saturated carbocycles. The highest BCUT2D eigenvalue weighted by atomic mass is 35.5. The summed E-state index contributed by atoms with van der Waals surface area (Å²) in [5, 5.41) is 0.0907. The van der Waals surface area contributed by atoms with Crippen molar-refractivity contribution in [2.24, 2.45) is 9.98 Å². The Morgan fingerprint density at radius 1 is 1.40 bits per heavy atom. The highest BCUT2D eigenvalue weighted by Gasteiger charge is 1.91. The minimum atomic E-state index is 0.0907. The normalized spacial score (nSPS) is 10.8. The number of allylic oxidation sites excluding steroid dienone is 1. The van der Waals surface area contributed by atoms with Crippen LogP contribution in [0.3, 0.4) is 0 Å². The minimum absolute atomic E-state index is 0.0907. The molecule has 0 aliphatic carbocycles. The van der Waals surface area contributed by atoms with Gasteiger partial charge in [0.25, 0.3) is 0 Å². The van der Waals surface area contributed by atoms with E-state index in [1.807, 2.05) is 0 Å². The lowest BCUT2D eigenvalue weighted by Crippen LogP contribution is -1.82. The molecule has 0 spiro atoms. The van der Waals surface area contributed by atoms with Gasteiger partial charge in [0, 0.05) is 0 Å². The van der Waals surface area contributed by atoms with Gasteiger partial charge in [0.05, 0.1) is 5.70 Å². The first-order valence-corrected chi connectivity index (χ1v) is 3.01. The second kappa shape index (κ2) is 4.01. The molecule has 0 amide bonds. The summed E-state index contributed by atoms with van der Waals surface area (Å²) in [5.41, 5.74) is 1.29. The molecule has 0 radical (unpaired) electrons. The standard InChI is InChI=1S/C7H9ClN2/c1-5(2)6(3)10-7(8)9-4/h1,3-4H2,2H3. The molecule has 0 unspecified atom stereocenters. The van der Waals surface area contributed by atoms with Crippen LogP contribution in [0.5, 0.6) is 0 Å². The van der Waals surface area contributed by atoms with Crippen LogP contribution in [-0.2, 0) is 0 Å². The Labute approximate surface area is 65.6 Å². The molecule has 0 aromatic carbocycles. The van der Waals surface area contributed by atoms with Crippen LogP contribution in [0, 0.1) is 0 Å². The molecule has 0 aliphatic heterocycles. The van der Waals surface area contributed by atoms with Gasteiger partial charge in [-0.15, -0.1) is 0 Å². The third-order valence-electron chi connectivity index (χ3n) is 0.850. The second-order valence-corrected chi connectivity index (χ2v) is 2.10. The van der Waals surface area contributed by atoms with Crippen molar-refractivity contribution in [3.8, 4) is 0 Å². The summed E-state index contributed by atoms with van der Waals surface area (Å²) in [6, 6.07) is 0. The molecule has 0 aromatic rings. The highest BCUT2D eigenvalue weighted by Crippen LogP contribution is 2.06. The van der Waals surface area contributed by atoms with E-state index in [2.05, 4.69) is 29.9 Å². The number of hydrogen-bond acceptors (Lipinski definition) is 1. The maximum atomic E-state index is 5.42. The van der Waals surface area contributed by atoms with Crippen molar-refractivity contribution in [2.45, 2.75) is 6.92 Å². The van der Waals surface area contributed by atoms with Crippen LogP contribution >= 0.6 is 11.6 Å². The largest absolute Gasteiger partial charge is 0.234 e. The van der Waals surface area contributed by atoms with Crippen molar-refractivity contribution in [3.05, 3.63) is 24.4 Å². The van der Waals surface area contributed by atoms with Gasteiger partial charge in [-0.1, -0.05) is 13.2 Å². The fourth-order valence-electron chi connectivity index (χ4n) is 0.242. The van der Waals surface area contributed by atoms with Crippen LogP contribution in [0.15, 0.2) is 34.4 Å². The molecule has 0 bridgehead atoms. The second-order valence-electron chi connectivity index (χ2n) is 1.77. The molecule has 10 heavy (non-hydrogen) atoms. The lowest BCUT2D eigenvalue weighted by molar-refractivity contribution is 1.31. The fraction of sp³-hybridized carbons (Fsp3) is 0.143. The summed E-state index contributed by atoms with van der Waals surface area (Å²) in [6.45, 7) is 12.2. The number of hydrogen-bond donors (Lipinski definition) is 0. The summed E-state index contributed by atoms with van der Waals surface area (Å²) in [5.74, 6) is 0. The summed E-state index contributed by atoms with van der Waals surface area (Å²) < 4.78 is 0. The van der Waals surface area contributed by atoms with E-state index < -0.39 is 0 Å². The van der Waals surface area contributed by atoms with E-state index in [4.69, 9.17) is 11.6 Å².